The van der Waals surface area contributed by atoms with Gasteiger partial charge in [0.05, 0.1) is 17.4 Å². The number of nitrogens with one attached hydrogen (secondary N) is 2. The molecule has 0 bridgehead atoms. The minimum absolute atomic E-state index is 0.275. The summed E-state index contributed by atoms with van der Waals surface area (Å²) in [6.45, 7) is 8.24. The standard InChI is InChI=1S/C23H26FN7S/c1-13(2)31-12-28-19-14(3)21(32-22(19)31)20-17(24)11-27-23(30-20)29-18-7-6-16(10-26-18)15-5-4-8-25-9-15/h6-7,10-13,15,25H,4-5,8-9H2,1-3H3,(H,26,27,29,30). The van der Waals surface area contributed by atoms with Gasteiger partial charge >= 0.3 is 0 Å². The second kappa shape index (κ2) is 8.55. The van der Waals surface area contributed by atoms with Gasteiger partial charge in [0, 0.05) is 18.8 Å². The molecule has 32 heavy (non-hydrogen) atoms. The molecule has 166 valence electrons. The van der Waals surface area contributed by atoms with Crippen LogP contribution in [0.2, 0.25) is 0 Å². The number of anilines is 2. The van der Waals surface area contributed by atoms with E-state index in [0.717, 1.165) is 33.9 Å². The fourth-order valence-corrected chi connectivity index (χ4v) is 5.49. The number of aryl methyl sites for hydroxylation is 1. The highest BCUT2D eigenvalue weighted by atomic mass is 32.1. The molecule has 1 unspecified atom stereocenters. The predicted molar refractivity (Wildman–Crippen MR) is 126 cm³/mol. The van der Waals surface area contributed by atoms with Crippen molar-refractivity contribution in [1.29, 1.82) is 0 Å². The zero-order chi connectivity index (χ0) is 22.2. The van der Waals surface area contributed by atoms with Gasteiger partial charge in [0.2, 0.25) is 5.95 Å². The molecule has 2 N–H and O–H groups in total. The number of hydrogen-bond donors (Lipinski definition) is 2. The van der Waals surface area contributed by atoms with Gasteiger partial charge in [-0.3, -0.25) is 0 Å². The molecule has 0 aromatic carbocycles. The molecule has 9 heteroatoms. The summed E-state index contributed by atoms with van der Waals surface area (Å²) in [5, 5.41) is 6.55. The van der Waals surface area contributed by atoms with Gasteiger partial charge in [-0.05, 0) is 63.3 Å². The molecule has 5 rings (SSSR count). The molecule has 0 aliphatic carbocycles. The van der Waals surface area contributed by atoms with Gasteiger partial charge in [-0.15, -0.1) is 11.3 Å². The van der Waals surface area contributed by atoms with Crippen LogP contribution >= 0.6 is 11.3 Å². The molecular formula is C23H26FN7S. The summed E-state index contributed by atoms with van der Waals surface area (Å²) in [4.78, 5) is 19.5. The maximum atomic E-state index is 14.7. The molecular weight excluding hydrogens is 425 g/mol. The van der Waals surface area contributed by atoms with Gasteiger partial charge in [-0.2, -0.15) is 0 Å². The molecule has 1 fully saturated rings. The van der Waals surface area contributed by atoms with Gasteiger partial charge in [-0.25, -0.2) is 24.3 Å². The summed E-state index contributed by atoms with van der Waals surface area (Å²) in [6, 6.07) is 4.29. The van der Waals surface area contributed by atoms with E-state index >= 15 is 0 Å². The van der Waals surface area contributed by atoms with Crippen molar-refractivity contribution in [2.45, 2.75) is 45.6 Å². The number of hydrogen-bond acceptors (Lipinski definition) is 7. The number of aromatic nitrogens is 5. The molecule has 1 saturated heterocycles. The Morgan fingerprint density at radius 1 is 1.22 bits per heavy atom. The Bertz CT molecular complexity index is 1240. The maximum Gasteiger partial charge on any atom is 0.229 e. The van der Waals surface area contributed by atoms with Gasteiger partial charge in [-0.1, -0.05) is 6.07 Å². The molecule has 0 saturated carbocycles. The van der Waals surface area contributed by atoms with Crippen LogP contribution in [0, 0.1) is 12.7 Å². The highest BCUT2D eigenvalue weighted by molar-refractivity contribution is 7.22. The molecule has 0 amide bonds. The first-order valence-corrected chi connectivity index (χ1v) is 11.8. The van der Waals surface area contributed by atoms with Gasteiger partial charge in [0.15, 0.2) is 5.82 Å². The first-order valence-electron chi connectivity index (χ1n) is 10.9. The van der Waals surface area contributed by atoms with Crippen molar-refractivity contribution < 1.29 is 4.39 Å². The van der Waals surface area contributed by atoms with Crippen molar-refractivity contribution in [2.75, 3.05) is 18.4 Å². The smallest absolute Gasteiger partial charge is 0.229 e. The zero-order valence-corrected chi connectivity index (χ0v) is 19.2. The van der Waals surface area contributed by atoms with Crippen molar-refractivity contribution in [3.63, 3.8) is 0 Å². The minimum Gasteiger partial charge on any atom is -0.320 e. The fraction of sp³-hybridized carbons (Fsp3) is 0.391. The molecule has 0 spiro atoms. The van der Waals surface area contributed by atoms with Gasteiger partial charge in [0.25, 0.3) is 0 Å². The van der Waals surface area contributed by atoms with E-state index in [1.165, 1.54) is 35.9 Å². The van der Waals surface area contributed by atoms with Crippen molar-refractivity contribution >= 4 is 33.5 Å². The third-order valence-electron chi connectivity index (χ3n) is 5.95. The van der Waals surface area contributed by atoms with Crippen LogP contribution in [-0.2, 0) is 0 Å². The van der Waals surface area contributed by atoms with Crippen LogP contribution in [-0.4, -0.2) is 37.6 Å². The quantitative estimate of drug-likeness (QED) is 0.435. The van der Waals surface area contributed by atoms with Crippen molar-refractivity contribution in [3.8, 4) is 10.6 Å². The topological polar surface area (TPSA) is 80.6 Å². The lowest BCUT2D eigenvalue weighted by Crippen LogP contribution is -2.28. The zero-order valence-electron chi connectivity index (χ0n) is 18.4. The van der Waals surface area contributed by atoms with Gasteiger partial charge in [0.1, 0.15) is 21.9 Å². The van der Waals surface area contributed by atoms with E-state index in [9.17, 15) is 4.39 Å². The van der Waals surface area contributed by atoms with E-state index in [-0.39, 0.29) is 11.7 Å². The van der Waals surface area contributed by atoms with Crippen molar-refractivity contribution in [2.24, 2.45) is 0 Å². The number of pyridine rings is 1. The molecule has 5 heterocycles. The Morgan fingerprint density at radius 3 is 2.81 bits per heavy atom. The summed E-state index contributed by atoms with van der Waals surface area (Å²) in [5.41, 5.74) is 3.32. The molecule has 1 atom stereocenters. The number of thiophene rings is 1. The van der Waals surface area contributed by atoms with Crippen LogP contribution in [0.1, 0.15) is 49.8 Å². The van der Waals surface area contributed by atoms with E-state index < -0.39 is 5.82 Å². The third-order valence-corrected chi connectivity index (χ3v) is 7.25. The number of piperidine rings is 1. The summed E-state index contributed by atoms with van der Waals surface area (Å²) >= 11 is 1.51. The Labute approximate surface area is 190 Å². The number of imidazole rings is 1. The van der Waals surface area contributed by atoms with Crippen LogP contribution in [0.15, 0.2) is 30.9 Å². The van der Waals surface area contributed by atoms with E-state index in [4.69, 9.17) is 0 Å². The van der Waals surface area contributed by atoms with Crippen LogP contribution in [0.25, 0.3) is 20.9 Å². The number of halogens is 1. The number of nitrogens with zero attached hydrogens (tertiary/aromatic N) is 5. The lowest BCUT2D eigenvalue weighted by molar-refractivity contribution is 0.461. The van der Waals surface area contributed by atoms with E-state index in [1.807, 2.05) is 25.5 Å². The van der Waals surface area contributed by atoms with E-state index in [0.29, 0.717) is 17.7 Å². The molecule has 1 aliphatic rings. The Balaban J connectivity index is 1.42. The lowest BCUT2D eigenvalue weighted by atomic mass is 9.93. The van der Waals surface area contributed by atoms with Crippen LogP contribution in [0.5, 0.6) is 0 Å². The number of rotatable bonds is 5. The first-order chi connectivity index (χ1) is 15.5. The van der Waals surface area contributed by atoms with Crippen molar-refractivity contribution in [1.82, 2.24) is 29.8 Å². The van der Waals surface area contributed by atoms with Gasteiger partial charge < -0.3 is 15.2 Å². The predicted octanol–water partition coefficient (Wildman–Crippen LogP) is 5.19. The first kappa shape index (κ1) is 21.0. The normalized spacial score (nSPS) is 16.7. The Hall–Kier alpha value is -2.91. The molecule has 4 aromatic rings. The monoisotopic (exact) mass is 451 g/mol. The third kappa shape index (κ3) is 3.86. The Morgan fingerprint density at radius 2 is 2.09 bits per heavy atom. The van der Waals surface area contributed by atoms with Crippen molar-refractivity contribution in [3.05, 3.63) is 47.8 Å². The second-order valence-electron chi connectivity index (χ2n) is 8.49. The van der Waals surface area contributed by atoms with E-state index in [1.54, 1.807) is 0 Å². The Kier molecular flexibility index (Phi) is 5.60. The van der Waals surface area contributed by atoms with Crippen LogP contribution in [0.4, 0.5) is 16.2 Å². The largest absolute Gasteiger partial charge is 0.320 e. The molecule has 1 aliphatic heterocycles. The van der Waals surface area contributed by atoms with Crippen LogP contribution in [0.3, 0.4) is 0 Å². The average Bonchev–Trinajstić information content (AvgIpc) is 3.36. The highest BCUT2D eigenvalue weighted by Gasteiger charge is 2.21. The summed E-state index contributed by atoms with van der Waals surface area (Å²) < 4.78 is 16.8. The SMILES string of the molecule is Cc1c(-c2nc(Nc3ccc(C4CCCNC4)cn3)ncc2F)sc2c1ncn2C(C)C. The number of fused-ring (bicyclic) bond motifs is 1. The molecule has 7 nitrogen and oxygen atoms in total. The molecule has 0 radical (unpaired) electrons. The highest BCUT2D eigenvalue weighted by Crippen LogP contribution is 2.39. The fourth-order valence-electron chi connectivity index (χ4n) is 4.14. The van der Waals surface area contributed by atoms with Crippen LogP contribution < -0.4 is 10.6 Å². The molecule has 4 aromatic heterocycles. The lowest BCUT2D eigenvalue weighted by Gasteiger charge is -2.22. The van der Waals surface area contributed by atoms with E-state index in [2.05, 4.69) is 55.1 Å². The maximum absolute atomic E-state index is 14.7. The summed E-state index contributed by atoms with van der Waals surface area (Å²) in [6.07, 6.45) is 7.30. The minimum atomic E-state index is -0.452. The summed E-state index contributed by atoms with van der Waals surface area (Å²) in [5.74, 6) is 0.997. The summed E-state index contributed by atoms with van der Waals surface area (Å²) in [7, 11) is 0. The average molecular weight is 452 g/mol. The second-order valence-corrected chi connectivity index (χ2v) is 9.49.